The minimum atomic E-state index is -2.85. The molecule has 9 nitrogen and oxygen atoms in total. The number of likely N-dealkylation sites (tertiary alicyclic amines) is 2. The standard InChI is InChI=1S/C23H36F2N6O3/c1-22(2,3)19(31-13-17(27-28-31)14-5-6-14)21(34)30-12-16(32)9-18(30)20(33)26-10-15-11-29(4)8-7-23(15,24)25/h13-16,18-19,32H,5-12H2,1-4H3,(H,26,33)/t15?,16?,18?,19-/m1/s1. The molecule has 1 saturated carbocycles. The van der Waals surface area contributed by atoms with Crippen molar-refractivity contribution in [2.75, 3.05) is 33.2 Å². The van der Waals surface area contributed by atoms with Gasteiger partial charge in [-0.05, 0) is 25.3 Å². The first-order chi connectivity index (χ1) is 15.9. The molecule has 3 heterocycles. The number of aromatic nitrogens is 3. The van der Waals surface area contributed by atoms with Crippen LogP contribution in [0.3, 0.4) is 0 Å². The molecule has 3 unspecified atom stereocenters. The molecule has 0 aromatic carbocycles. The summed E-state index contributed by atoms with van der Waals surface area (Å²) < 4.78 is 30.2. The van der Waals surface area contributed by atoms with E-state index in [2.05, 4.69) is 15.6 Å². The molecular formula is C23H36F2N6O3. The van der Waals surface area contributed by atoms with Crippen molar-refractivity contribution in [3.63, 3.8) is 0 Å². The minimum Gasteiger partial charge on any atom is -0.391 e. The Balaban J connectivity index is 1.48. The van der Waals surface area contributed by atoms with Crippen molar-refractivity contribution >= 4 is 11.8 Å². The molecule has 34 heavy (non-hydrogen) atoms. The smallest absolute Gasteiger partial charge is 0.255 e. The van der Waals surface area contributed by atoms with Crippen LogP contribution < -0.4 is 5.32 Å². The van der Waals surface area contributed by atoms with Gasteiger partial charge in [-0.2, -0.15) is 0 Å². The van der Waals surface area contributed by atoms with Crippen LogP contribution in [0, 0.1) is 11.3 Å². The van der Waals surface area contributed by atoms with Crippen LogP contribution in [0.15, 0.2) is 6.20 Å². The topological polar surface area (TPSA) is 104 Å². The highest BCUT2D eigenvalue weighted by molar-refractivity contribution is 5.90. The quantitative estimate of drug-likeness (QED) is 0.636. The zero-order valence-electron chi connectivity index (χ0n) is 20.4. The van der Waals surface area contributed by atoms with Crippen molar-refractivity contribution in [3.8, 4) is 0 Å². The molecule has 3 aliphatic rings. The van der Waals surface area contributed by atoms with Gasteiger partial charge in [0.25, 0.3) is 5.92 Å². The molecule has 1 aliphatic carbocycles. The molecule has 2 N–H and O–H groups in total. The van der Waals surface area contributed by atoms with Gasteiger partial charge in [0.1, 0.15) is 12.1 Å². The Morgan fingerprint density at radius 3 is 2.65 bits per heavy atom. The number of nitrogens with one attached hydrogen (secondary N) is 1. The Labute approximate surface area is 198 Å². The summed E-state index contributed by atoms with van der Waals surface area (Å²) in [6, 6.07) is -1.64. The number of hydrogen-bond acceptors (Lipinski definition) is 6. The SMILES string of the molecule is CN1CCC(F)(F)C(CNC(=O)C2CC(O)CN2C(=O)[C@@H](n2cc(C3CC3)nn2)C(C)(C)C)C1. The number of halogens is 2. The highest BCUT2D eigenvalue weighted by Crippen LogP contribution is 2.40. The molecule has 2 saturated heterocycles. The summed E-state index contributed by atoms with van der Waals surface area (Å²) >= 11 is 0. The van der Waals surface area contributed by atoms with Gasteiger partial charge in [-0.1, -0.05) is 26.0 Å². The Bertz CT molecular complexity index is 913. The highest BCUT2D eigenvalue weighted by Gasteiger charge is 2.47. The van der Waals surface area contributed by atoms with Crippen LogP contribution >= 0.6 is 0 Å². The maximum atomic E-state index is 14.3. The van der Waals surface area contributed by atoms with E-state index in [0.29, 0.717) is 12.5 Å². The third kappa shape index (κ3) is 5.25. The summed E-state index contributed by atoms with van der Waals surface area (Å²) in [4.78, 5) is 30.0. The molecule has 4 rings (SSSR count). The molecule has 0 spiro atoms. The lowest BCUT2D eigenvalue weighted by Crippen LogP contribution is -2.54. The number of hydrogen-bond donors (Lipinski definition) is 2. The number of carbonyl (C=O) groups is 2. The molecule has 2 amide bonds. The number of piperidine rings is 1. The summed E-state index contributed by atoms with van der Waals surface area (Å²) in [6.07, 6.45) is 2.88. The zero-order valence-corrected chi connectivity index (χ0v) is 20.4. The van der Waals surface area contributed by atoms with E-state index in [1.165, 1.54) is 4.90 Å². The molecular weight excluding hydrogens is 446 g/mol. The molecule has 2 aliphatic heterocycles. The minimum absolute atomic E-state index is 0.00993. The van der Waals surface area contributed by atoms with Gasteiger partial charge in [0.15, 0.2) is 0 Å². The van der Waals surface area contributed by atoms with E-state index in [1.807, 2.05) is 25.7 Å². The fourth-order valence-corrected chi connectivity index (χ4v) is 5.03. The van der Waals surface area contributed by atoms with Gasteiger partial charge >= 0.3 is 0 Å². The third-order valence-electron chi connectivity index (χ3n) is 7.19. The predicted molar refractivity (Wildman–Crippen MR) is 120 cm³/mol. The van der Waals surface area contributed by atoms with Gasteiger partial charge in [0.2, 0.25) is 11.8 Å². The van der Waals surface area contributed by atoms with Gasteiger partial charge in [0.05, 0.1) is 17.7 Å². The maximum Gasteiger partial charge on any atom is 0.255 e. The van der Waals surface area contributed by atoms with Crippen LogP contribution in [0.4, 0.5) is 8.78 Å². The van der Waals surface area contributed by atoms with E-state index >= 15 is 0 Å². The van der Waals surface area contributed by atoms with E-state index in [4.69, 9.17) is 0 Å². The fourth-order valence-electron chi connectivity index (χ4n) is 5.03. The van der Waals surface area contributed by atoms with Crippen LogP contribution in [-0.2, 0) is 9.59 Å². The second kappa shape index (κ2) is 9.14. The monoisotopic (exact) mass is 482 g/mol. The Morgan fingerprint density at radius 2 is 2.00 bits per heavy atom. The molecule has 1 aromatic heterocycles. The second-order valence-electron chi connectivity index (χ2n) is 11.3. The first-order valence-electron chi connectivity index (χ1n) is 12.1. The second-order valence-corrected chi connectivity index (χ2v) is 11.3. The number of aliphatic hydroxyl groups is 1. The molecule has 3 fully saturated rings. The summed E-state index contributed by atoms with van der Waals surface area (Å²) in [6.45, 7) is 6.07. The summed E-state index contributed by atoms with van der Waals surface area (Å²) in [5, 5.41) is 21.4. The number of amides is 2. The number of rotatable bonds is 6. The van der Waals surface area contributed by atoms with E-state index < -0.39 is 41.4 Å². The average Bonchev–Trinajstić information content (AvgIpc) is 3.35. The van der Waals surface area contributed by atoms with Crippen LogP contribution in [0.25, 0.3) is 0 Å². The van der Waals surface area contributed by atoms with E-state index in [0.717, 1.165) is 18.5 Å². The predicted octanol–water partition coefficient (Wildman–Crippen LogP) is 1.41. The van der Waals surface area contributed by atoms with Crippen molar-refractivity contribution in [1.29, 1.82) is 0 Å². The van der Waals surface area contributed by atoms with Crippen molar-refractivity contribution in [2.24, 2.45) is 11.3 Å². The lowest BCUT2D eigenvalue weighted by atomic mass is 9.85. The maximum absolute atomic E-state index is 14.3. The van der Waals surface area contributed by atoms with E-state index in [9.17, 15) is 23.5 Å². The van der Waals surface area contributed by atoms with Gasteiger partial charge in [-0.3, -0.25) is 9.59 Å². The number of alkyl halides is 2. The van der Waals surface area contributed by atoms with Gasteiger partial charge < -0.3 is 20.2 Å². The molecule has 4 atom stereocenters. The number of carbonyl (C=O) groups excluding carboxylic acids is 2. The largest absolute Gasteiger partial charge is 0.391 e. The summed E-state index contributed by atoms with van der Waals surface area (Å²) in [7, 11) is 1.78. The normalized spacial score (nSPS) is 28.7. The third-order valence-corrected chi connectivity index (χ3v) is 7.19. The van der Waals surface area contributed by atoms with Crippen LogP contribution in [-0.4, -0.2) is 93.0 Å². The molecule has 11 heteroatoms. The number of aliphatic hydroxyl groups excluding tert-OH is 1. The number of nitrogens with zero attached hydrogens (tertiary/aromatic N) is 5. The lowest BCUT2D eigenvalue weighted by molar-refractivity contribution is -0.144. The van der Waals surface area contributed by atoms with Crippen molar-refractivity contribution in [2.45, 2.75) is 76.5 Å². The van der Waals surface area contributed by atoms with Crippen molar-refractivity contribution in [3.05, 3.63) is 11.9 Å². The Hall–Kier alpha value is -2.14. The van der Waals surface area contributed by atoms with E-state index in [1.54, 1.807) is 17.9 Å². The Morgan fingerprint density at radius 1 is 1.29 bits per heavy atom. The zero-order chi connectivity index (χ0) is 24.8. The number of β-amino-alcohol motifs (C(OH)–C–C–N with tert-alkyl or cyclic N) is 1. The molecule has 0 bridgehead atoms. The molecule has 0 radical (unpaired) electrons. The first kappa shape index (κ1) is 25.0. The van der Waals surface area contributed by atoms with Crippen molar-refractivity contribution < 1.29 is 23.5 Å². The Kier molecular flexibility index (Phi) is 6.71. The van der Waals surface area contributed by atoms with E-state index in [-0.39, 0.29) is 38.4 Å². The summed E-state index contributed by atoms with van der Waals surface area (Å²) in [5.41, 5.74) is 0.325. The van der Waals surface area contributed by atoms with Gasteiger partial charge in [-0.25, -0.2) is 13.5 Å². The fraction of sp³-hybridized carbons (Fsp3) is 0.826. The van der Waals surface area contributed by atoms with Crippen LogP contribution in [0.1, 0.15) is 64.1 Å². The molecule has 1 aromatic rings. The molecule has 190 valence electrons. The van der Waals surface area contributed by atoms with Gasteiger partial charge in [0, 0.05) is 51.1 Å². The first-order valence-corrected chi connectivity index (χ1v) is 12.1. The lowest BCUT2D eigenvalue weighted by Gasteiger charge is -2.37. The summed E-state index contributed by atoms with van der Waals surface area (Å²) in [5.74, 6) is -4.32. The van der Waals surface area contributed by atoms with Crippen LogP contribution in [0.5, 0.6) is 0 Å². The highest BCUT2D eigenvalue weighted by atomic mass is 19.3. The average molecular weight is 483 g/mol. The van der Waals surface area contributed by atoms with Gasteiger partial charge in [-0.15, -0.1) is 5.10 Å². The van der Waals surface area contributed by atoms with Crippen molar-refractivity contribution in [1.82, 2.24) is 30.1 Å². The van der Waals surface area contributed by atoms with Crippen LogP contribution in [0.2, 0.25) is 0 Å².